The molecule has 2 aromatic carbocycles. The Bertz CT molecular complexity index is 569. The second kappa shape index (κ2) is 6.03. The summed E-state index contributed by atoms with van der Waals surface area (Å²) in [5, 5.41) is 0.520. The van der Waals surface area contributed by atoms with Gasteiger partial charge in [-0.1, -0.05) is 45.7 Å². The van der Waals surface area contributed by atoms with Crippen molar-refractivity contribution >= 4 is 33.5 Å². The molecule has 0 saturated heterocycles. The van der Waals surface area contributed by atoms with Crippen molar-refractivity contribution in [3.05, 3.63) is 69.2 Å². The highest BCUT2D eigenvalue weighted by atomic mass is 79.9. The SMILES string of the molecule is O=C(OCc1cccc(Br)c1)c1cccc(Cl)c1. The van der Waals surface area contributed by atoms with E-state index in [0.29, 0.717) is 10.6 Å². The third-order valence-corrected chi connectivity index (χ3v) is 3.05. The predicted octanol–water partition coefficient (Wildman–Crippen LogP) is 4.46. The van der Waals surface area contributed by atoms with Crippen LogP contribution < -0.4 is 0 Å². The molecule has 0 bridgehead atoms. The number of rotatable bonds is 3. The molecule has 92 valence electrons. The minimum absolute atomic E-state index is 0.241. The van der Waals surface area contributed by atoms with Crippen LogP contribution >= 0.6 is 27.5 Å². The molecule has 0 aliphatic heterocycles. The van der Waals surface area contributed by atoms with Crippen molar-refractivity contribution in [2.24, 2.45) is 0 Å². The lowest BCUT2D eigenvalue weighted by molar-refractivity contribution is 0.0472. The van der Waals surface area contributed by atoms with Gasteiger partial charge in [0.25, 0.3) is 0 Å². The molecule has 4 heteroatoms. The summed E-state index contributed by atoms with van der Waals surface area (Å²) in [7, 11) is 0. The normalized spacial score (nSPS) is 10.1. The summed E-state index contributed by atoms with van der Waals surface area (Å²) in [6.45, 7) is 0.241. The molecule has 18 heavy (non-hydrogen) atoms. The van der Waals surface area contributed by atoms with Crippen LogP contribution in [0.3, 0.4) is 0 Å². The molecule has 0 fully saturated rings. The quantitative estimate of drug-likeness (QED) is 0.779. The minimum Gasteiger partial charge on any atom is -0.457 e. The molecule has 0 aliphatic rings. The molecule has 0 spiro atoms. The van der Waals surface area contributed by atoms with E-state index in [0.717, 1.165) is 10.0 Å². The Morgan fingerprint density at radius 3 is 2.67 bits per heavy atom. The van der Waals surface area contributed by atoms with E-state index in [1.54, 1.807) is 24.3 Å². The lowest BCUT2D eigenvalue weighted by Gasteiger charge is -2.05. The molecule has 0 aromatic heterocycles. The summed E-state index contributed by atoms with van der Waals surface area (Å²) in [4.78, 5) is 11.8. The fraction of sp³-hybridized carbons (Fsp3) is 0.0714. The molecule has 0 N–H and O–H groups in total. The molecule has 2 nitrogen and oxygen atoms in total. The second-order valence-corrected chi connectivity index (χ2v) is 5.07. The average molecular weight is 326 g/mol. The Labute approximate surface area is 119 Å². The zero-order valence-electron chi connectivity index (χ0n) is 9.40. The van der Waals surface area contributed by atoms with Crippen LogP contribution in [0.4, 0.5) is 0 Å². The van der Waals surface area contributed by atoms with Gasteiger partial charge in [0, 0.05) is 9.50 Å². The number of esters is 1. The van der Waals surface area contributed by atoms with Gasteiger partial charge < -0.3 is 4.74 Å². The van der Waals surface area contributed by atoms with Crippen molar-refractivity contribution in [3.8, 4) is 0 Å². The summed E-state index contributed by atoms with van der Waals surface area (Å²) in [5.41, 5.74) is 1.39. The lowest BCUT2D eigenvalue weighted by Crippen LogP contribution is -2.05. The van der Waals surface area contributed by atoms with Gasteiger partial charge >= 0.3 is 5.97 Å². The van der Waals surface area contributed by atoms with Gasteiger partial charge in [0.15, 0.2) is 0 Å². The van der Waals surface area contributed by atoms with Crippen molar-refractivity contribution < 1.29 is 9.53 Å². The van der Waals surface area contributed by atoms with Gasteiger partial charge in [-0.25, -0.2) is 4.79 Å². The number of benzene rings is 2. The van der Waals surface area contributed by atoms with E-state index in [4.69, 9.17) is 16.3 Å². The molecule has 0 amide bonds. The van der Waals surface area contributed by atoms with Crippen LogP contribution in [0.1, 0.15) is 15.9 Å². The highest BCUT2D eigenvalue weighted by molar-refractivity contribution is 9.10. The van der Waals surface area contributed by atoms with Gasteiger partial charge in [0.2, 0.25) is 0 Å². The van der Waals surface area contributed by atoms with Crippen LogP contribution in [0.2, 0.25) is 5.02 Å². The summed E-state index contributed by atoms with van der Waals surface area (Å²) in [6.07, 6.45) is 0. The minimum atomic E-state index is -0.377. The summed E-state index contributed by atoms with van der Waals surface area (Å²) < 4.78 is 6.16. The van der Waals surface area contributed by atoms with Gasteiger partial charge in [0.05, 0.1) is 5.56 Å². The second-order valence-electron chi connectivity index (χ2n) is 3.72. The Morgan fingerprint density at radius 1 is 1.17 bits per heavy atom. The van der Waals surface area contributed by atoms with E-state index in [2.05, 4.69) is 15.9 Å². The zero-order valence-corrected chi connectivity index (χ0v) is 11.7. The molecular formula is C14H10BrClO2. The molecule has 0 heterocycles. The highest BCUT2D eigenvalue weighted by Crippen LogP contribution is 2.15. The molecule has 0 atom stereocenters. The van der Waals surface area contributed by atoms with E-state index in [9.17, 15) is 4.79 Å². The van der Waals surface area contributed by atoms with Crippen LogP contribution in [0.15, 0.2) is 53.0 Å². The molecule has 0 saturated carbocycles. The largest absolute Gasteiger partial charge is 0.457 e. The fourth-order valence-corrected chi connectivity index (χ4v) is 2.11. The van der Waals surface area contributed by atoms with E-state index in [1.807, 2.05) is 24.3 Å². The molecule has 0 unspecified atom stereocenters. The lowest BCUT2D eigenvalue weighted by atomic mass is 10.2. The van der Waals surface area contributed by atoms with Crippen LogP contribution in [0.5, 0.6) is 0 Å². The van der Waals surface area contributed by atoms with Crippen molar-refractivity contribution in [1.82, 2.24) is 0 Å². The summed E-state index contributed by atoms with van der Waals surface area (Å²) in [5.74, 6) is -0.377. The predicted molar refractivity (Wildman–Crippen MR) is 74.7 cm³/mol. The molecule has 2 rings (SSSR count). The number of ether oxygens (including phenoxy) is 1. The zero-order chi connectivity index (χ0) is 13.0. The Kier molecular flexibility index (Phi) is 4.39. The van der Waals surface area contributed by atoms with E-state index < -0.39 is 0 Å². The van der Waals surface area contributed by atoms with E-state index >= 15 is 0 Å². The number of carbonyl (C=O) groups is 1. The first-order valence-corrected chi connectivity index (χ1v) is 6.49. The Balaban J connectivity index is 2.00. The molecule has 0 radical (unpaired) electrons. The maximum absolute atomic E-state index is 11.8. The Morgan fingerprint density at radius 2 is 1.94 bits per heavy atom. The van der Waals surface area contributed by atoms with Gasteiger partial charge in [-0.2, -0.15) is 0 Å². The summed E-state index contributed by atoms with van der Waals surface area (Å²) >= 11 is 9.18. The third kappa shape index (κ3) is 3.59. The summed E-state index contributed by atoms with van der Waals surface area (Å²) in [6, 6.07) is 14.3. The van der Waals surface area contributed by atoms with Crippen molar-refractivity contribution in [2.75, 3.05) is 0 Å². The standard InChI is InChI=1S/C14H10BrClO2/c15-12-5-1-3-10(7-12)9-18-14(17)11-4-2-6-13(16)8-11/h1-8H,9H2. The van der Waals surface area contributed by atoms with Crippen LogP contribution in [-0.4, -0.2) is 5.97 Å². The third-order valence-electron chi connectivity index (χ3n) is 2.32. The van der Waals surface area contributed by atoms with E-state index in [1.165, 1.54) is 0 Å². The highest BCUT2D eigenvalue weighted by Gasteiger charge is 2.07. The van der Waals surface area contributed by atoms with Crippen LogP contribution in [0, 0.1) is 0 Å². The van der Waals surface area contributed by atoms with Gasteiger partial charge in [-0.15, -0.1) is 0 Å². The number of halogens is 2. The van der Waals surface area contributed by atoms with E-state index in [-0.39, 0.29) is 12.6 Å². The molecule has 0 aliphatic carbocycles. The smallest absolute Gasteiger partial charge is 0.338 e. The Hall–Kier alpha value is -1.32. The first-order valence-electron chi connectivity index (χ1n) is 5.32. The molecular weight excluding hydrogens is 316 g/mol. The topological polar surface area (TPSA) is 26.3 Å². The number of hydrogen-bond acceptors (Lipinski definition) is 2. The number of hydrogen-bond donors (Lipinski definition) is 0. The first-order chi connectivity index (χ1) is 8.65. The maximum Gasteiger partial charge on any atom is 0.338 e. The fourth-order valence-electron chi connectivity index (χ4n) is 1.47. The van der Waals surface area contributed by atoms with Gasteiger partial charge in [0.1, 0.15) is 6.61 Å². The van der Waals surface area contributed by atoms with Crippen LogP contribution in [0.25, 0.3) is 0 Å². The van der Waals surface area contributed by atoms with Crippen LogP contribution in [-0.2, 0) is 11.3 Å². The van der Waals surface area contributed by atoms with Crippen molar-refractivity contribution in [2.45, 2.75) is 6.61 Å². The van der Waals surface area contributed by atoms with Gasteiger partial charge in [-0.05, 0) is 35.9 Å². The van der Waals surface area contributed by atoms with Crippen molar-refractivity contribution in [1.29, 1.82) is 0 Å². The number of carbonyl (C=O) groups excluding carboxylic acids is 1. The average Bonchev–Trinajstić information content (AvgIpc) is 2.36. The maximum atomic E-state index is 11.8. The monoisotopic (exact) mass is 324 g/mol. The molecule has 2 aromatic rings. The van der Waals surface area contributed by atoms with Gasteiger partial charge in [-0.3, -0.25) is 0 Å². The van der Waals surface area contributed by atoms with Crippen molar-refractivity contribution in [3.63, 3.8) is 0 Å². The first kappa shape index (κ1) is 13.1.